The van der Waals surface area contributed by atoms with Gasteiger partial charge in [0.05, 0.1) is 17.3 Å². The number of nitriles is 1. The van der Waals surface area contributed by atoms with E-state index < -0.39 is 5.82 Å². The lowest BCUT2D eigenvalue weighted by molar-refractivity contribution is 0.631. The smallest absolute Gasteiger partial charge is 0.147 e. The molecule has 4 N–H and O–H groups in total. The number of aromatic nitrogens is 2. The number of nitrogens with one attached hydrogen (secondary N) is 2. The van der Waals surface area contributed by atoms with Crippen LogP contribution in [0.2, 0.25) is 0 Å². The zero-order valence-corrected chi connectivity index (χ0v) is 9.18. The van der Waals surface area contributed by atoms with Gasteiger partial charge in [0.2, 0.25) is 0 Å². The van der Waals surface area contributed by atoms with Crippen molar-refractivity contribution in [1.82, 2.24) is 9.97 Å². The van der Waals surface area contributed by atoms with E-state index in [9.17, 15) is 4.39 Å². The van der Waals surface area contributed by atoms with Gasteiger partial charge in [-0.2, -0.15) is 5.26 Å². The van der Waals surface area contributed by atoms with E-state index in [4.69, 9.17) is 11.1 Å². The van der Waals surface area contributed by atoms with Gasteiger partial charge in [-0.3, -0.25) is 0 Å². The topological polar surface area (TPSA) is 99.7 Å². The molecule has 0 aliphatic carbocycles. The minimum absolute atomic E-state index is 0.218. The fourth-order valence-electron chi connectivity index (χ4n) is 1.33. The molecule has 7 heteroatoms. The van der Waals surface area contributed by atoms with E-state index in [0.29, 0.717) is 11.6 Å². The first-order chi connectivity index (χ1) is 8.72. The second kappa shape index (κ2) is 5.07. The van der Waals surface area contributed by atoms with Crippen LogP contribution in [0.4, 0.5) is 21.7 Å². The van der Waals surface area contributed by atoms with Gasteiger partial charge in [0, 0.05) is 6.07 Å². The zero-order valence-electron chi connectivity index (χ0n) is 9.18. The monoisotopic (exact) mass is 244 g/mol. The third-order valence-corrected chi connectivity index (χ3v) is 2.18. The lowest BCUT2D eigenvalue weighted by Gasteiger charge is -2.07. The van der Waals surface area contributed by atoms with Crippen LogP contribution >= 0.6 is 0 Å². The van der Waals surface area contributed by atoms with E-state index in [-0.39, 0.29) is 11.3 Å². The normalized spacial score (nSPS) is 9.61. The first kappa shape index (κ1) is 11.8. The van der Waals surface area contributed by atoms with Crippen LogP contribution in [-0.4, -0.2) is 9.97 Å². The number of nitrogen functional groups attached to an aromatic ring is 1. The fourth-order valence-corrected chi connectivity index (χ4v) is 1.33. The number of nitrogens with two attached hydrogens (primary N) is 1. The van der Waals surface area contributed by atoms with Gasteiger partial charge >= 0.3 is 0 Å². The summed E-state index contributed by atoms with van der Waals surface area (Å²) in [6.45, 7) is 0. The average molecular weight is 244 g/mol. The highest BCUT2D eigenvalue weighted by molar-refractivity contribution is 5.60. The maximum atomic E-state index is 13.6. The van der Waals surface area contributed by atoms with Crippen LogP contribution in [0.1, 0.15) is 5.56 Å². The van der Waals surface area contributed by atoms with Gasteiger partial charge in [0.15, 0.2) is 0 Å². The molecule has 2 rings (SSSR count). The molecule has 0 saturated heterocycles. The molecule has 0 atom stereocenters. The number of hydrogen-bond acceptors (Lipinski definition) is 6. The minimum Gasteiger partial charge on any atom is -0.338 e. The summed E-state index contributed by atoms with van der Waals surface area (Å²) < 4.78 is 13.6. The molecular formula is C11H9FN6. The summed E-state index contributed by atoms with van der Waals surface area (Å²) in [7, 11) is 0. The van der Waals surface area contributed by atoms with Gasteiger partial charge in [0.1, 0.15) is 23.8 Å². The summed E-state index contributed by atoms with van der Waals surface area (Å²) >= 11 is 0. The highest BCUT2D eigenvalue weighted by atomic mass is 19.1. The van der Waals surface area contributed by atoms with Crippen molar-refractivity contribution >= 4 is 17.3 Å². The predicted molar refractivity (Wildman–Crippen MR) is 64.2 cm³/mol. The van der Waals surface area contributed by atoms with E-state index in [1.807, 2.05) is 6.07 Å². The minimum atomic E-state index is -0.532. The Bertz CT molecular complexity index is 607. The van der Waals surface area contributed by atoms with Gasteiger partial charge in [-0.25, -0.2) is 20.2 Å². The van der Waals surface area contributed by atoms with Crippen molar-refractivity contribution < 1.29 is 4.39 Å². The van der Waals surface area contributed by atoms with Crippen molar-refractivity contribution in [2.45, 2.75) is 0 Å². The lowest BCUT2D eigenvalue weighted by atomic mass is 10.2. The van der Waals surface area contributed by atoms with Crippen LogP contribution in [0.25, 0.3) is 0 Å². The molecule has 0 amide bonds. The lowest BCUT2D eigenvalue weighted by Crippen LogP contribution is -2.09. The van der Waals surface area contributed by atoms with E-state index >= 15 is 0 Å². The quantitative estimate of drug-likeness (QED) is 0.559. The maximum absolute atomic E-state index is 13.6. The number of halogens is 1. The Morgan fingerprint density at radius 3 is 2.67 bits per heavy atom. The van der Waals surface area contributed by atoms with Gasteiger partial charge in [-0.15, -0.1) is 0 Å². The van der Waals surface area contributed by atoms with E-state index in [0.717, 1.165) is 6.07 Å². The summed E-state index contributed by atoms with van der Waals surface area (Å²) in [5, 5.41) is 11.4. The van der Waals surface area contributed by atoms with Crippen LogP contribution in [0, 0.1) is 17.1 Å². The largest absolute Gasteiger partial charge is 0.338 e. The zero-order chi connectivity index (χ0) is 13.0. The molecule has 90 valence electrons. The molecule has 18 heavy (non-hydrogen) atoms. The molecule has 1 heterocycles. The molecular weight excluding hydrogens is 235 g/mol. The molecule has 0 spiro atoms. The average Bonchev–Trinajstić information content (AvgIpc) is 2.41. The molecule has 0 unspecified atom stereocenters. The number of nitrogens with zero attached hydrogens (tertiary/aromatic N) is 3. The Hall–Kier alpha value is -2.72. The molecule has 0 fully saturated rings. The van der Waals surface area contributed by atoms with Crippen molar-refractivity contribution in [3.8, 4) is 6.07 Å². The summed E-state index contributed by atoms with van der Waals surface area (Å²) in [5.41, 5.74) is 2.83. The standard InChI is InChI=1S/C11H9FN6/c12-8-3-7(5-13)1-2-9(8)17-10-4-11(18-14)16-6-15-10/h1-4,6H,14H2,(H2,15,16,17,18). The van der Waals surface area contributed by atoms with Crippen molar-refractivity contribution in [3.05, 3.63) is 42.0 Å². The summed E-state index contributed by atoms with van der Waals surface area (Å²) in [5.74, 6) is 5.46. The Morgan fingerprint density at radius 1 is 1.22 bits per heavy atom. The molecule has 0 radical (unpaired) electrons. The SMILES string of the molecule is N#Cc1ccc(Nc2cc(NN)ncn2)c(F)c1. The predicted octanol–water partition coefficient (Wildman–Crippen LogP) is 1.52. The van der Waals surface area contributed by atoms with Crippen LogP contribution in [-0.2, 0) is 0 Å². The third-order valence-electron chi connectivity index (χ3n) is 2.18. The van der Waals surface area contributed by atoms with Crippen molar-refractivity contribution in [3.63, 3.8) is 0 Å². The molecule has 0 saturated carbocycles. The summed E-state index contributed by atoms with van der Waals surface area (Å²) in [6, 6.07) is 7.50. The van der Waals surface area contributed by atoms with E-state index in [1.165, 1.54) is 24.5 Å². The summed E-state index contributed by atoms with van der Waals surface area (Å²) in [4.78, 5) is 7.74. The number of rotatable bonds is 3. The summed E-state index contributed by atoms with van der Waals surface area (Å²) in [6.07, 6.45) is 1.29. The number of hydrazine groups is 1. The Labute approximate surface area is 102 Å². The van der Waals surface area contributed by atoms with Gasteiger partial charge < -0.3 is 10.7 Å². The van der Waals surface area contributed by atoms with Crippen LogP contribution in [0.5, 0.6) is 0 Å². The molecule has 1 aromatic carbocycles. The molecule has 0 aliphatic rings. The van der Waals surface area contributed by atoms with Gasteiger partial charge in [-0.05, 0) is 18.2 Å². The Kier molecular flexibility index (Phi) is 3.31. The third kappa shape index (κ3) is 2.50. The molecule has 0 aliphatic heterocycles. The molecule has 2 aromatic rings. The second-order valence-electron chi connectivity index (χ2n) is 3.36. The van der Waals surface area contributed by atoms with Crippen LogP contribution < -0.4 is 16.6 Å². The van der Waals surface area contributed by atoms with Crippen molar-refractivity contribution in [1.29, 1.82) is 5.26 Å². The van der Waals surface area contributed by atoms with E-state index in [2.05, 4.69) is 20.7 Å². The number of anilines is 3. The molecule has 1 aromatic heterocycles. The molecule has 6 nitrogen and oxygen atoms in total. The second-order valence-corrected chi connectivity index (χ2v) is 3.36. The fraction of sp³-hybridized carbons (Fsp3) is 0. The van der Waals surface area contributed by atoms with E-state index in [1.54, 1.807) is 0 Å². The van der Waals surface area contributed by atoms with Crippen LogP contribution in [0.15, 0.2) is 30.6 Å². The Morgan fingerprint density at radius 2 is 2.00 bits per heavy atom. The van der Waals surface area contributed by atoms with Crippen molar-refractivity contribution in [2.75, 3.05) is 10.7 Å². The Balaban J connectivity index is 2.26. The van der Waals surface area contributed by atoms with Crippen LogP contribution in [0.3, 0.4) is 0 Å². The van der Waals surface area contributed by atoms with Gasteiger partial charge in [0.25, 0.3) is 0 Å². The first-order valence-electron chi connectivity index (χ1n) is 4.98. The number of benzene rings is 1. The highest BCUT2D eigenvalue weighted by Gasteiger charge is 2.05. The van der Waals surface area contributed by atoms with Gasteiger partial charge in [-0.1, -0.05) is 0 Å². The number of hydrogen-bond donors (Lipinski definition) is 3. The highest BCUT2D eigenvalue weighted by Crippen LogP contribution is 2.20. The maximum Gasteiger partial charge on any atom is 0.147 e. The van der Waals surface area contributed by atoms with Crippen molar-refractivity contribution in [2.24, 2.45) is 5.84 Å². The molecule has 0 bridgehead atoms. The first-order valence-corrected chi connectivity index (χ1v) is 4.98.